The van der Waals surface area contributed by atoms with Gasteiger partial charge < -0.3 is 16.2 Å². The molecule has 0 fully saturated rings. The molecule has 0 bridgehead atoms. The van der Waals surface area contributed by atoms with Crippen molar-refractivity contribution in [3.63, 3.8) is 0 Å². The lowest BCUT2D eigenvalue weighted by Gasteiger charge is -2.20. The zero-order valence-corrected chi connectivity index (χ0v) is 14.8. The van der Waals surface area contributed by atoms with Gasteiger partial charge in [0.25, 0.3) is 0 Å². The third kappa shape index (κ3) is 5.06. The number of nitrogens with zero attached hydrogens (tertiary/aromatic N) is 2. The highest BCUT2D eigenvalue weighted by atomic mass is 16.5. The Morgan fingerprint density at radius 1 is 0.875 bits per heavy atom. The van der Waals surface area contributed by atoms with Crippen molar-refractivity contribution >= 4 is 22.7 Å². The molecule has 0 aliphatic rings. The lowest BCUT2D eigenvalue weighted by molar-refractivity contribution is -0.0147. The number of nitrogens with two attached hydrogens (primary N) is 2. The smallest absolute Gasteiger partial charge is 0.0913 e. The fourth-order valence-electron chi connectivity index (χ4n) is 2.21. The lowest BCUT2D eigenvalue weighted by atomic mass is 10.1. The molecule has 0 heterocycles. The van der Waals surface area contributed by atoms with Crippen LogP contribution in [0.4, 0.5) is 22.7 Å². The van der Waals surface area contributed by atoms with E-state index in [2.05, 4.69) is 17.2 Å². The average molecular weight is 326 g/mol. The van der Waals surface area contributed by atoms with E-state index in [-0.39, 0.29) is 5.60 Å². The molecule has 0 aliphatic carbocycles. The minimum atomic E-state index is -0.231. The van der Waals surface area contributed by atoms with Gasteiger partial charge in [-0.2, -0.15) is 10.2 Å². The highest BCUT2D eigenvalue weighted by Crippen LogP contribution is 2.28. The quantitative estimate of drug-likeness (QED) is 0.589. The first kappa shape index (κ1) is 17.9. The van der Waals surface area contributed by atoms with Gasteiger partial charge in [0.15, 0.2) is 0 Å². The molecular weight excluding hydrogens is 300 g/mol. The Morgan fingerprint density at radius 3 is 1.88 bits per heavy atom. The SMILES string of the molecule is CCc1cc(N)ccc1N=Nc1ccc(N)cc1COC(C)(C)C. The Balaban J connectivity index is 2.29. The Hall–Kier alpha value is -2.40. The number of hydrogen-bond acceptors (Lipinski definition) is 5. The molecule has 0 radical (unpaired) electrons. The van der Waals surface area contributed by atoms with E-state index in [0.29, 0.717) is 12.3 Å². The van der Waals surface area contributed by atoms with E-state index >= 15 is 0 Å². The van der Waals surface area contributed by atoms with Crippen LogP contribution in [0.5, 0.6) is 0 Å². The van der Waals surface area contributed by atoms with Gasteiger partial charge in [0.1, 0.15) is 0 Å². The minimum Gasteiger partial charge on any atom is -0.399 e. The van der Waals surface area contributed by atoms with Crippen molar-refractivity contribution in [2.45, 2.75) is 46.3 Å². The number of nitrogen functional groups attached to an aromatic ring is 2. The summed E-state index contributed by atoms with van der Waals surface area (Å²) in [6, 6.07) is 11.2. The van der Waals surface area contributed by atoms with Gasteiger partial charge in [0.2, 0.25) is 0 Å². The summed E-state index contributed by atoms with van der Waals surface area (Å²) in [7, 11) is 0. The first-order valence-corrected chi connectivity index (χ1v) is 8.11. The van der Waals surface area contributed by atoms with Crippen LogP contribution < -0.4 is 11.5 Å². The van der Waals surface area contributed by atoms with Gasteiger partial charge in [-0.1, -0.05) is 6.92 Å². The van der Waals surface area contributed by atoms with Crippen molar-refractivity contribution in [3.05, 3.63) is 47.5 Å². The second kappa shape index (κ2) is 7.45. The molecule has 0 aliphatic heterocycles. The van der Waals surface area contributed by atoms with E-state index in [1.54, 1.807) is 0 Å². The number of ether oxygens (including phenoxy) is 1. The van der Waals surface area contributed by atoms with Crippen LogP contribution in [0, 0.1) is 0 Å². The van der Waals surface area contributed by atoms with E-state index < -0.39 is 0 Å². The third-order valence-corrected chi connectivity index (χ3v) is 3.51. The number of anilines is 2. The Bertz CT molecular complexity index is 733. The summed E-state index contributed by atoms with van der Waals surface area (Å²) in [5.74, 6) is 0. The maximum absolute atomic E-state index is 5.89. The predicted molar refractivity (Wildman–Crippen MR) is 99.8 cm³/mol. The van der Waals surface area contributed by atoms with Gasteiger partial charge in [0.05, 0.1) is 23.6 Å². The number of benzene rings is 2. The molecule has 4 N–H and O–H groups in total. The second-order valence-corrected chi connectivity index (χ2v) is 6.73. The highest BCUT2D eigenvalue weighted by Gasteiger charge is 2.12. The monoisotopic (exact) mass is 326 g/mol. The van der Waals surface area contributed by atoms with Gasteiger partial charge in [0, 0.05) is 16.9 Å². The Kier molecular flexibility index (Phi) is 5.57. The molecule has 2 aromatic carbocycles. The fourth-order valence-corrected chi connectivity index (χ4v) is 2.21. The van der Waals surface area contributed by atoms with Crippen LogP contribution in [-0.4, -0.2) is 5.60 Å². The van der Waals surface area contributed by atoms with Crippen molar-refractivity contribution in [3.8, 4) is 0 Å². The number of aryl methyl sites for hydroxylation is 1. The third-order valence-electron chi connectivity index (χ3n) is 3.51. The molecule has 24 heavy (non-hydrogen) atoms. The van der Waals surface area contributed by atoms with Crippen molar-refractivity contribution < 1.29 is 4.74 Å². The summed E-state index contributed by atoms with van der Waals surface area (Å²) < 4.78 is 5.85. The molecule has 0 atom stereocenters. The first-order valence-electron chi connectivity index (χ1n) is 8.11. The van der Waals surface area contributed by atoms with Crippen molar-refractivity contribution in [1.29, 1.82) is 0 Å². The molecule has 0 aromatic heterocycles. The zero-order valence-electron chi connectivity index (χ0n) is 14.8. The molecule has 0 amide bonds. The predicted octanol–water partition coefficient (Wildman–Crippen LogP) is 5.14. The number of rotatable bonds is 5. The van der Waals surface area contributed by atoms with Crippen LogP contribution in [0.3, 0.4) is 0 Å². The molecule has 0 unspecified atom stereocenters. The lowest BCUT2D eigenvalue weighted by Crippen LogP contribution is -2.18. The Morgan fingerprint density at radius 2 is 1.38 bits per heavy atom. The largest absolute Gasteiger partial charge is 0.399 e. The van der Waals surface area contributed by atoms with Gasteiger partial charge in [-0.05, 0) is 69.2 Å². The fraction of sp³-hybridized carbons (Fsp3) is 0.368. The van der Waals surface area contributed by atoms with Crippen molar-refractivity contribution in [2.24, 2.45) is 10.2 Å². The van der Waals surface area contributed by atoms with E-state index in [4.69, 9.17) is 16.2 Å². The topological polar surface area (TPSA) is 86.0 Å². The first-order chi connectivity index (χ1) is 11.3. The van der Waals surface area contributed by atoms with Gasteiger partial charge in [-0.15, -0.1) is 0 Å². The average Bonchev–Trinajstić information content (AvgIpc) is 2.52. The van der Waals surface area contributed by atoms with Crippen LogP contribution in [0.15, 0.2) is 46.6 Å². The van der Waals surface area contributed by atoms with E-state index in [1.807, 2.05) is 57.2 Å². The standard InChI is InChI=1S/C19H26N4O/c1-5-13-10-15(20)6-8-17(13)22-23-18-9-7-16(21)11-14(18)12-24-19(2,3)4/h6-11H,5,12,20-21H2,1-4H3. The summed E-state index contributed by atoms with van der Waals surface area (Å²) in [5, 5.41) is 8.80. The molecule has 0 saturated heterocycles. The maximum atomic E-state index is 5.89. The number of azo groups is 1. The van der Waals surface area contributed by atoms with Gasteiger partial charge >= 0.3 is 0 Å². The molecule has 5 heteroatoms. The van der Waals surface area contributed by atoms with Crippen LogP contribution in [-0.2, 0) is 17.8 Å². The van der Waals surface area contributed by atoms with Crippen molar-refractivity contribution in [2.75, 3.05) is 11.5 Å². The molecular formula is C19H26N4O. The van der Waals surface area contributed by atoms with Crippen molar-refractivity contribution in [1.82, 2.24) is 0 Å². The number of hydrogen-bond donors (Lipinski definition) is 2. The summed E-state index contributed by atoms with van der Waals surface area (Å²) in [4.78, 5) is 0. The molecule has 5 nitrogen and oxygen atoms in total. The van der Waals surface area contributed by atoms with E-state index in [9.17, 15) is 0 Å². The minimum absolute atomic E-state index is 0.231. The van der Waals surface area contributed by atoms with E-state index in [1.165, 1.54) is 0 Å². The van der Waals surface area contributed by atoms with Crippen LogP contribution in [0.2, 0.25) is 0 Å². The van der Waals surface area contributed by atoms with Crippen LogP contribution in [0.25, 0.3) is 0 Å². The van der Waals surface area contributed by atoms with Crippen LogP contribution >= 0.6 is 0 Å². The molecule has 2 aromatic rings. The second-order valence-electron chi connectivity index (χ2n) is 6.73. The molecule has 2 rings (SSSR count). The normalized spacial score (nSPS) is 12.0. The Labute approximate surface area is 143 Å². The summed E-state index contributed by atoms with van der Waals surface area (Å²) in [6.07, 6.45) is 0.848. The maximum Gasteiger partial charge on any atom is 0.0913 e. The summed E-state index contributed by atoms with van der Waals surface area (Å²) in [6.45, 7) is 8.55. The molecule has 0 saturated carbocycles. The molecule has 0 spiro atoms. The van der Waals surface area contributed by atoms with Gasteiger partial charge in [-0.25, -0.2) is 0 Å². The highest BCUT2D eigenvalue weighted by molar-refractivity contribution is 5.57. The summed E-state index contributed by atoms with van der Waals surface area (Å²) >= 11 is 0. The molecule has 128 valence electrons. The van der Waals surface area contributed by atoms with Gasteiger partial charge in [-0.3, -0.25) is 0 Å². The zero-order chi connectivity index (χ0) is 17.7. The van der Waals surface area contributed by atoms with Crippen LogP contribution in [0.1, 0.15) is 38.8 Å². The van der Waals surface area contributed by atoms with E-state index in [0.717, 1.165) is 34.6 Å². The summed E-state index contributed by atoms with van der Waals surface area (Å²) in [5.41, 5.74) is 16.5.